The number of rotatable bonds is 7. The van der Waals surface area contributed by atoms with Crippen molar-refractivity contribution in [3.63, 3.8) is 0 Å². The molecule has 1 aromatic carbocycles. The molecule has 0 spiro atoms. The first-order chi connectivity index (χ1) is 8.13. The van der Waals surface area contributed by atoms with Gasteiger partial charge >= 0.3 is 0 Å². The van der Waals surface area contributed by atoms with E-state index in [4.69, 9.17) is 0 Å². The molecule has 17 heavy (non-hydrogen) atoms. The van der Waals surface area contributed by atoms with E-state index in [1.807, 2.05) is 0 Å². The third-order valence-corrected chi connectivity index (χ3v) is 3.03. The Hall–Kier alpha value is -0.860. The normalized spacial score (nSPS) is 13.0. The van der Waals surface area contributed by atoms with Crippen LogP contribution in [0, 0.1) is 0 Å². The number of likely N-dealkylation sites (N-methyl/N-ethyl adjacent to an activating group) is 1. The fourth-order valence-electron chi connectivity index (χ4n) is 1.88. The minimum atomic E-state index is 0.436. The molecule has 0 radical (unpaired) electrons. The molecule has 2 heteroatoms. The zero-order valence-corrected chi connectivity index (χ0v) is 11.7. The van der Waals surface area contributed by atoms with Gasteiger partial charge in [-0.05, 0) is 38.6 Å². The summed E-state index contributed by atoms with van der Waals surface area (Å²) in [6, 6.07) is 9.44. The first-order valence-electron chi connectivity index (χ1n) is 6.60. The Labute approximate surface area is 106 Å². The van der Waals surface area contributed by atoms with Crippen molar-refractivity contribution < 1.29 is 0 Å². The number of hydrogen-bond donors (Lipinski definition) is 1. The Balaban J connectivity index is 2.43. The summed E-state index contributed by atoms with van der Waals surface area (Å²) in [7, 11) is 4.21. The minimum absolute atomic E-state index is 0.436. The Morgan fingerprint density at radius 2 is 1.82 bits per heavy atom. The lowest BCUT2D eigenvalue weighted by Gasteiger charge is -2.16. The average Bonchev–Trinajstić information content (AvgIpc) is 2.30. The molecular weight excluding hydrogens is 208 g/mol. The van der Waals surface area contributed by atoms with E-state index in [1.165, 1.54) is 24.0 Å². The number of benzene rings is 1. The van der Waals surface area contributed by atoms with Crippen molar-refractivity contribution in [3.8, 4) is 0 Å². The summed E-state index contributed by atoms with van der Waals surface area (Å²) in [6.45, 7) is 6.56. The summed E-state index contributed by atoms with van der Waals surface area (Å²) in [5.74, 6) is 0. The second kappa shape index (κ2) is 7.46. The third kappa shape index (κ3) is 5.33. The van der Waals surface area contributed by atoms with Gasteiger partial charge in [0, 0.05) is 19.1 Å². The lowest BCUT2D eigenvalue weighted by Crippen LogP contribution is -2.28. The van der Waals surface area contributed by atoms with Gasteiger partial charge < -0.3 is 10.2 Å². The van der Waals surface area contributed by atoms with Gasteiger partial charge in [0.2, 0.25) is 0 Å². The highest BCUT2D eigenvalue weighted by molar-refractivity contribution is 5.24. The Kier molecular flexibility index (Phi) is 6.23. The second-order valence-corrected chi connectivity index (χ2v) is 4.97. The van der Waals surface area contributed by atoms with Crippen LogP contribution in [-0.2, 0) is 6.42 Å². The fourth-order valence-corrected chi connectivity index (χ4v) is 1.88. The standard InChI is InChI=1S/C15H26N2/c1-5-6-14-7-9-15(10-8-14)13(2)16-11-12-17(3)4/h7-10,13,16H,5-6,11-12H2,1-4H3. The predicted octanol–water partition coefficient (Wildman–Crippen LogP) is 2.85. The first kappa shape index (κ1) is 14.2. The van der Waals surface area contributed by atoms with Crippen LogP contribution in [0.5, 0.6) is 0 Å². The van der Waals surface area contributed by atoms with Crippen LogP contribution in [0.3, 0.4) is 0 Å². The Morgan fingerprint density at radius 1 is 1.18 bits per heavy atom. The van der Waals surface area contributed by atoms with Crippen molar-refractivity contribution in [1.29, 1.82) is 0 Å². The van der Waals surface area contributed by atoms with Gasteiger partial charge in [-0.25, -0.2) is 0 Å². The van der Waals surface area contributed by atoms with E-state index >= 15 is 0 Å². The molecular formula is C15H26N2. The summed E-state index contributed by atoms with van der Waals surface area (Å²) in [4.78, 5) is 2.20. The van der Waals surface area contributed by atoms with Gasteiger partial charge in [-0.3, -0.25) is 0 Å². The monoisotopic (exact) mass is 234 g/mol. The molecule has 0 aliphatic rings. The highest BCUT2D eigenvalue weighted by Gasteiger charge is 2.04. The number of hydrogen-bond acceptors (Lipinski definition) is 2. The lowest BCUT2D eigenvalue weighted by atomic mass is 10.0. The van der Waals surface area contributed by atoms with Gasteiger partial charge in [-0.2, -0.15) is 0 Å². The van der Waals surface area contributed by atoms with Crippen LogP contribution in [0.15, 0.2) is 24.3 Å². The highest BCUT2D eigenvalue weighted by atomic mass is 15.1. The van der Waals surface area contributed by atoms with Gasteiger partial charge in [0.05, 0.1) is 0 Å². The van der Waals surface area contributed by atoms with Crippen molar-refractivity contribution in [2.24, 2.45) is 0 Å². The topological polar surface area (TPSA) is 15.3 Å². The van der Waals surface area contributed by atoms with Gasteiger partial charge in [-0.15, -0.1) is 0 Å². The molecule has 0 saturated carbocycles. The average molecular weight is 234 g/mol. The molecule has 1 N–H and O–H groups in total. The maximum Gasteiger partial charge on any atom is 0.0292 e. The van der Waals surface area contributed by atoms with Crippen LogP contribution in [0.4, 0.5) is 0 Å². The minimum Gasteiger partial charge on any atom is -0.309 e. The van der Waals surface area contributed by atoms with Crippen LogP contribution in [0.2, 0.25) is 0 Å². The molecule has 1 aromatic rings. The van der Waals surface area contributed by atoms with E-state index in [9.17, 15) is 0 Å². The largest absolute Gasteiger partial charge is 0.309 e. The second-order valence-electron chi connectivity index (χ2n) is 4.97. The van der Waals surface area contributed by atoms with Gasteiger partial charge in [-0.1, -0.05) is 37.6 Å². The summed E-state index contributed by atoms with van der Waals surface area (Å²) in [5.41, 5.74) is 2.82. The molecule has 0 fully saturated rings. The van der Waals surface area contributed by atoms with Gasteiger partial charge in [0.25, 0.3) is 0 Å². The zero-order valence-electron chi connectivity index (χ0n) is 11.7. The van der Waals surface area contributed by atoms with Crippen LogP contribution in [-0.4, -0.2) is 32.1 Å². The molecule has 0 amide bonds. The molecule has 1 unspecified atom stereocenters. The quantitative estimate of drug-likeness (QED) is 0.780. The maximum atomic E-state index is 3.54. The van der Waals surface area contributed by atoms with Crippen molar-refractivity contribution >= 4 is 0 Å². The zero-order chi connectivity index (χ0) is 12.7. The summed E-state index contributed by atoms with van der Waals surface area (Å²) in [6.07, 6.45) is 2.40. The highest BCUT2D eigenvalue weighted by Crippen LogP contribution is 2.13. The number of nitrogens with one attached hydrogen (secondary N) is 1. The molecule has 0 aliphatic carbocycles. The SMILES string of the molecule is CCCc1ccc(C(C)NCCN(C)C)cc1. The molecule has 2 nitrogen and oxygen atoms in total. The predicted molar refractivity (Wildman–Crippen MR) is 75.4 cm³/mol. The lowest BCUT2D eigenvalue weighted by molar-refractivity contribution is 0.389. The van der Waals surface area contributed by atoms with E-state index in [1.54, 1.807) is 0 Å². The Morgan fingerprint density at radius 3 is 2.35 bits per heavy atom. The molecule has 0 heterocycles. The van der Waals surface area contributed by atoms with Crippen molar-refractivity contribution in [2.45, 2.75) is 32.7 Å². The maximum absolute atomic E-state index is 3.54. The number of nitrogens with zero attached hydrogens (tertiary/aromatic N) is 1. The summed E-state index contributed by atoms with van der Waals surface area (Å²) >= 11 is 0. The molecule has 0 aromatic heterocycles. The smallest absolute Gasteiger partial charge is 0.0292 e. The van der Waals surface area contributed by atoms with E-state index in [0.717, 1.165) is 13.1 Å². The van der Waals surface area contributed by atoms with Crippen LogP contribution in [0.1, 0.15) is 37.4 Å². The van der Waals surface area contributed by atoms with Crippen molar-refractivity contribution in [3.05, 3.63) is 35.4 Å². The molecule has 0 bridgehead atoms. The molecule has 96 valence electrons. The number of aryl methyl sites for hydroxylation is 1. The van der Waals surface area contributed by atoms with Gasteiger partial charge in [0.15, 0.2) is 0 Å². The van der Waals surface area contributed by atoms with Crippen LogP contribution < -0.4 is 5.32 Å². The van der Waals surface area contributed by atoms with Crippen LogP contribution in [0.25, 0.3) is 0 Å². The first-order valence-corrected chi connectivity index (χ1v) is 6.60. The van der Waals surface area contributed by atoms with Gasteiger partial charge in [0.1, 0.15) is 0 Å². The van der Waals surface area contributed by atoms with E-state index < -0.39 is 0 Å². The summed E-state index contributed by atoms with van der Waals surface area (Å²) in [5, 5.41) is 3.54. The summed E-state index contributed by atoms with van der Waals surface area (Å²) < 4.78 is 0. The van der Waals surface area contributed by atoms with Crippen molar-refractivity contribution in [1.82, 2.24) is 10.2 Å². The molecule has 1 rings (SSSR count). The molecule has 1 atom stereocenters. The van der Waals surface area contributed by atoms with E-state index in [-0.39, 0.29) is 0 Å². The Bertz CT molecular complexity index is 303. The van der Waals surface area contributed by atoms with E-state index in [0.29, 0.717) is 6.04 Å². The molecule has 0 aliphatic heterocycles. The van der Waals surface area contributed by atoms with Crippen molar-refractivity contribution in [2.75, 3.05) is 27.2 Å². The third-order valence-electron chi connectivity index (χ3n) is 3.03. The van der Waals surface area contributed by atoms with E-state index in [2.05, 4.69) is 62.4 Å². The van der Waals surface area contributed by atoms with Crippen LogP contribution >= 0.6 is 0 Å². The molecule has 0 saturated heterocycles. The fraction of sp³-hybridized carbons (Fsp3) is 0.600.